The molecule has 0 saturated heterocycles. The van der Waals surface area contributed by atoms with Crippen LogP contribution in [0.5, 0.6) is 0 Å². The summed E-state index contributed by atoms with van der Waals surface area (Å²) in [6, 6.07) is 12.8. The van der Waals surface area contributed by atoms with E-state index >= 15 is 0 Å². The number of hydrogen-bond donors (Lipinski definition) is 3. The zero-order valence-electron chi connectivity index (χ0n) is 12.5. The molecule has 2 rings (SSSR count). The molecule has 0 unspecified atom stereocenters. The van der Waals surface area contributed by atoms with Gasteiger partial charge in [0.2, 0.25) is 0 Å². The standard InChI is InChI=1S/C16H20N4O/c1-16(2,3)11-7-4-5-8-12(11)19-15(21)13-9-6-10-14(18-13)20-17/h4-10H,17H2,1-3H3,(H,18,20)(H,19,21). The molecule has 2 aromatic rings. The first-order valence-corrected chi connectivity index (χ1v) is 6.76. The Balaban J connectivity index is 2.28. The van der Waals surface area contributed by atoms with E-state index in [1.165, 1.54) is 0 Å². The molecule has 0 radical (unpaired) electrons. The largest absolute Gasteiger partial charge is 0.320 e. The van der Waals surface area contributed by atoms with Crippen LogP contribution in [0.2, 0.25) is 0 Å². The first kappa shape index (κ1) is 15.0. The average Bonchev–Trinajstić information content (AvgIpc) is 2.46. The van der Waals surface area contributed by atoms with Crippen molar-refractivity contribution in [3.8, 4) is 0 Å². The molecule has 5 heteroatoms. The van der Waals surface area contributed by atoms with Gasteiger partial charge in [-0.3, -0.25) is 4.79 Å². The van der Waals surface area contributed by atoms with Crippen LogP contribution >= 0.6 is 0 Å². The van der Waals surface area contributed by atoms with Gasteiger partial charge in [-0.1, -0.05) is 45.0 Å². The molecular formula is C16H20N4O. The molecule has 0 aliphatic carbocycles. The lowest BCUT2D eigenvalue weighted by atomic mass is 9.86. The molecule has 0 bridgehead atoms. The second kappa shape index (κ2) is 5.93. The number of carbonyl (C=O) groups is 1. The van der Waals surface area contributed by atoms with Gasteiger partial charge < -0.3 is 10.7 Å². The number of anilines is 2. The monoisotopic (exact) mass is 284 g/mol. The van der Waals surface area contributed by atoms with E-state index in [9.17, 15) is 4.79 Å². The molecule has 0 aliphatic rings. The summed E-state index contributed by atoms with van der Waals surface area (Å²) < 4.78 is 0. The molecule has 0 spiro atoms. The number of nitrogen functional groups attached to an aromatic ring is 1. The van der Waals surface area contributed by atoms with Crippen molar-refractivity contribution in [2.24, 2.45) is 5.84 Å². The van der Waals surface area contributed by atoms with Crippen molar-refractivity contribution in [3.63, 3.8) is 0 Å². The lowest BCUT2D eigenvalue weighted by Gasteiger charge is -2.22. The number of hydrogen-bond acceptors (Lipinski definition) is 4. The number of nitrogens with zero attached hydrogens (tertiary/aromatic N) is 1. The van der Waals surface area contributed by atoms with Gasteiger partial charge in [0.25, 0.3) is 5.91 Å². The van der Waals surface area contributed by atoms with E-state index in [0.717, 1.165) is 11.3 Å². The predicted octanol–water partition coefficient (Wildman–Crippen LogP) is 2.92. The molecule has 0 saturated carbocycles. The maximum absolute atomic E-state index is 12.3. The minimum Gasteiger partial charge on any atom is -0.320 e. The van der Waals surface area contributed by atoms with Crippen LogP contribution in [0.1, 0.15) is 36.8 Å². The van der Waals surface area contributed by atoms with E-state index in [-0.39, 0.29) is 11.3 Å². The second-order valence-electron chi connectivity index (χ2n) is 5.80. The highest BCUT2D eigenvalue weighted by Crippen LogP contribution is 2.29. The summed E-state index contributed by atoms with van der Waals surface area (Å²) in [6.45, 7) is 6.32. The Morgan fingerprint density at radius 3 is 2.48 bits per heavy atom. The minimum atomic E-state index is -0.260. The van der Waals surface area contributed by atoms with Gasteiger partial charge in [0.05, 0.1) is 0 Å². The topological polar surface area (TPSA) is 80.0 Å². The lowest BCUT2D eigenvalue weighted by Crippen LogP contribution is -2.20. The number of amides is 1. The van der Waals surface area contributed by atoms with Crippen molar-refractivity contribution >= 4 is 17.4 Å². The van der Waals surface area contributed by atoms with Gasteiger partial charge in [0.15, 0.2) is 0 Å². The van der Waals surface area contributed by atoms with Crippen molar-refractivity contribution in [1.29, 1.82) is 0 Å². The van der Waals surface area contributed by atoms with Gasteiger partial charge in [-0.2, -0.15) is 0 Å². The van der Waals surface area contributed by atoms with Crippen LogP contribution in [0.15, 0.2) is 42.5 Å². The molecule has 1 heterocycles. The maximum atomic E-state index is 12.3. The normalized spacial score (nSPS) is 11.0. The molecule has 110 valence electrons. The van der Waals surface area contributed by atoms with Gasteiger partial charge >= 0.3 is 0 Å². The Labute approximate surface area is 124 Å². The van der Waals surface area contributed by atoms with Crippen molar-refractivity contribution in [2.75, 3.05) is 10.7 Å². The number of nitrogens with one attached hydrogen (secondary N) is 2. The van der Waals surface area contributed by atoms with E-state index in [0.29, 0.717) is 11.5 Å². The molecule has 0 aliphatic heterocycles. The maximum Gasteiger partial charge on any atom is 0.274 e. The molecule has 0 atom stereocenters. The molecule has 5 nitrogen and oxygen atoms in total. The fourth-order valence-corrected chi connectivity index (χ4v) is 2.07. The predicted molar refractivity (Wildman–Crippen MR) is 85.1 cm³/mol. The summed E-state index contributed by atoms with van der Waals surface area (Å²) in [5.41, 5.74) is 4.56. The number of hydrazine groups is 1. The Hall–Kier alpha value is -2.40. The van der Waals surface area contributed by atoms with Crippen molar-refractivity contribution in [3.05, 3.63) is 53.7 Å². The number of carbonyl (C=O) groups excluding carboxylic acids is 1. The first-order chi connectivity index (χ1) is 9.91. The van der Waals surface area contributed by atoms with Gasteiger partial charge in [-0.15, -0.1) is 0 Å². The van der Waals surface area contributed by atoms with E-state index in [1.807, 2.05) is 24.3 Å². The highest BCUT2D eigenvalue weighted by atomic mass is 16.1. The van der Waals surface area contributed by atoms with Crippen molar-refractivity contribution in [1.82, 2.24) is 4.98 Å². The van der Waals surface area contributed by atoms with Crippen LogP contribution in [0.3, 0.4) is 0 Å². The summed E-state index contributed by atoms with van der Waals surface area (Å²) in [4.78, 5) is 16.5. The lowest BCUT2D eigenvalue weighted by molar-refractivity contribution is 0.102. The number of nitrogens with two attached hydrogens (primary N) is 1. The highest BCUT2D eigenvalue weighted by molar-refractivity contribution is 6.03. The van der Waals surface area contributed by atoms with Crippen LogP contribution in [-0.4, -0.2) is 10.9 Å². The summed E-state index contributed by atoms with van der Waals surface area (Å²) in [6.07, 6.45) is 0. The number of aromatic nitrogens is 1. The molecule has 1 aromatic heterocycles. The van der Waals surface area contributed by atoms with E-state index in [1.54, 1.807) is 18.2 Å². The van der Waals surface area contributed by atoms with Crippen LogP contribution < -0.4 is 16.6 Å². The molecule has 1 amide bonds. The van der Waals surface area contributed by atoms with E-state index in [2.05, 4.69) is 36.5 Å². The summed E-state index contributed by atoms with van der Waals surface area (Å²) in [5, 5.41) is 2.91. The van der Waals surface area contributed by atoms with Gasteiger partial charge in [0.1, 0.15) is 11.5 Å². The first-order valence-electron chi connectivity index (χ1n) is 6.76. The third-order valence-electron chi connectivity index (χ3n) is 3.11. The average molecular weight is 284 g/mol. The fourth-order valence-electron chi connectivity index (χ4n) is 2.07. The van der Waals surface area contributed by atoms with Gasteiger partial charge in [0, 0.05) is 5.69 Å². The number of rotatable bonds is 3. The smallest absolute Gasteiger partial charge is 0.274 e. The van der Waals surface area contributed by atoms with Crippen LogP contribution in [0, 0.1) is 0 Å². The third-order valence-corrected chi connectivity index (χ3v) is 3.11. The number of benzene rings is 1. The quantitative estimate of drug-likeness (QED) is 0.598. The Kier molecular flexibility index (Phi) is 4.23. The molecular weight excluding hydrogens is 264 g/mol. The Morgan fingerprint density at radius 1 is 1.10 bits per heavy atom. The minimum absolute atomic E-state index is 0.0576. The third kappa shape index (κ3) is 3.58. The fraction of sp³-hybridized carbons (Fsp3) is 0.250. The van der Waals surface area contributed by atoms with Crippen molar-refractivity contribution in [2.45, 2.75) is 26.2 Å². The zero-order valence-corrected chi connectivity index (χ0v) is 12.5. The van der Waals surface area contributed by atoms with Gasteiger partial charge in [-0.25, -0.2) is 10.8 Å². The van der Waals surface area contributed by atoms with Crippen molar-refractivity contribution < 1.29 is 4.79 Å². The van der Waals surface area contributed by atoms with Crippen LogP contribution in [0.4, 0.5) is 11.5 Å². The van der Waals surface area contributed by atoms with E-state index in [4.69, 9.17) is 5.84 Å². The summed E-state index contributed by atoms with van der Waals surface area (Å²) >= 11 is 0. The summed E-state index contributed by atoms with van der Waals surface area (Å²) in [5.74, 6) is 5.50. The van der Waals surface area contributed by atoms with Crippen LogP contribution in [-0.2, 0) is 5.41 Å². The summed E-state index contributed by atoms with van der Waals surface area (Å²) in [7, 11) is 0. The van der Waals surface area contributed by atoms with Gasteiger partial charge in [-0.05, 0) is 29.2 Å². The van der Waals surface area contributed by atoms with E-state index < -0.39 is 0 Å². The zero-order chi connectivity index (χ0) is 15.5. The molecule has 1 aromatic carbocycles. The number of para-hydroxylation sites is 1. The highest BCUT2D eigenvalue weighted by Gasteiger charge is 2.19. The SMILES string of the molecule is CC(C)(C)c1ccccc1NC(=O)c1cccc(NN)n1. The molecule has 21 heavy (non-hydrogen) atoms. The second-order valence-corrected chi connectivity index (χ2v) is 5.80. The Bertz CT molecular complexity index is 647. The molecule has 0 fully saturated rings. The Morgan fingerprint density at radius 2 is 1.81 bits per heavy atom. The van der Waals surface area contributed by atoms with Crippen LogP contribution in [0.25, 0.3) is 0 Å². The molecule has 4 N–H and O–H groups in total. The number of pyridine rings is 1.